The SMILES string of the molecule is CNC1=C(Nc2cccnc2)C(=O)C1O. The average molecular weight is 205 g/mol. The van der Waals surface area contributed by atoms with E-state index >= 15 is 0 Å². The fraction of sp³-hybridized carbons (Fsp3) is 0.200. The Hall–Kier alpha value is -1.88. The number of Topliss-reactive ketones (excluding diaryl/α,β-unsaturated/α-hetero) is 1. The third-order valence-electron chi connectivity index (χ3n) is 2.24. The molecule has 0 spiro atoms. The van der Waals surface area contributed by atoms with Gasteiger partial charge >= 0.3 is 0 Å². The Morgan fingerprint density at radius 3 is 2.93 bits per heavy atom. The molecule has 78 valence electrons. The summed E-state index contributed by atoms with van der Waals surface area (Å²) in [4.78, 5) is 15.2. The summed E-state index contributed by atoms with van der Waals surface area (Å²) in [6.45, 7) is 0. The maximum absolute atomic E-state index is 11.3. The molecule has 0 amide bonds. The lowest BCUT2D eigenvalue weighted by atomic mass is 9.95. The molecule has 0 bridgehead atoms. The highest BCUT2D eigenvalue weighted by Gasteiger charge is 2.37. The molecule has 1 aromatic rings. The molecular weight excluding hydrogens is 194 g/mol. The van der Waals surface area contributed by atoms with E-state index in [4.69, 9.17) is 0 Å². The molecule has 1 aliphatic rings. The molecular formula is C10H11N3O2. The Bertz CT molecular complexity index is 414. The predicted molar refractivity (Wildman–Crippen MR) is 55.0 cm³/mol. The fourth-order valence-electron chi connectivity index (χ4n) is 1.43. The van der Waals surface area contributed by atoms with Gasteiger partial charge in [-0.2, -0.15) is 0 Å². The molecule has 1 aromatic heterocycles. The molecule has 0 aromatic carbocycles. The number of hydrogen-bond donors (Lipinski definition) is 3. The third kappa shape index (κ3) is 1.57. The fourth-order valence-corrected chi connectivity index (χ4v) is 1.43. The molecule has 5 heteroatoms. The van der Waals surface area contributed by atoms with Crippen LogP contribution in [0.15, 0.2) is 35.9 Å². The minimum Gasteiger partial charge on any atom is -0.387 e. The van der Waals surface area contributed by atoms with E-state index < -0.39 is 6.10 Å². The van der Waals surface area contributed by atoms with Crippen LogP contribution in [0.25, 0.3) is 0 Å². The number of anilines is 1. The van der Waals surface area contributed by atoms with E-state index in [1.165, 1.54) is 0 Å². The van der Waals surface area contributed by atoms with Crippen molar-refractivity contribution < 1.29 is 9.90 Å². The van der Waals surface area contributed by atoms with Gasteiger partial charge in [-0.1, -0.05) is 0 Å². The molecule has 0 radical (unpaired) electrons. The van der Waals surface area contributed by atoms with Crippen LogP contribution in [0.2, 0.25) is 0 Å². The molecule has 0 saturated heterocycles. The molecule has 1 aliphatic carbocycles. The van der Waals surface area contributed by atoms with Gasteiger partial charge in [-0.05, 0) is 12.1 Å². The van der Waals surface area contributed by atoms with Gasteiger partial charge in [-0.3, -0.25) is 9.78 Å². The monoisotopic (exact) mass is 205 g/mol. The van der Waals surface area contributed by atoms with Gasteiger partial charge in [0.15, 0.2) is 6.10 Å². The minimum atomic E-state index is -1.02. The zero-order valence-electron chi connectivity index (χ0n) is 8.19. The smallest absolute Gasteiger partial charge is 0.215 e. The maximum atomic E-state index is 11.3. The molecule has 1 heterocycles. The zero-order chi connectivity index (χ0) is 10.8. The summed E-state index contributed by atoms with van der Waals surface area (Å²) in [6.07, 6.45) is 2.24. The number of carbonyl (C=O) groups is 1. The number of pyridine rings is 1. The summed E-state index contributed by atoms with van der Waals surface area (Å²) in [5.74, 6) is -0.303. The number of aromatic nitrogens is 1. The number of likely N-dealkylation sites (N-methyl/N-ethyl adjacent to an activating group) is 1. The van der Waals surface area contributed by atoms with Crippen LogP contribution in [0, 0.1) is 0 Å². The van der Waals surface area contributed by atoms with E-state index in [1.54, 1.807) is 31.6 Å². The van der Waals surface area contributed by atoms with Crippen molar-refractivity contribution in [2.45, 2.75) is 6.10 Å². The molecule has 0 aliphatic heterocycles. The number of ketones is 1. The quantitative estimate of drug-likeness (QED) is 0.641. The van der Waals surface area contributed by atoms with Gasteiger partial charge in [0, 0.05) is 13.2 Å². The molecule has 0 fully saturated rings. The van der Waals surface area contributed by atoms with Crippen molar-refractivity contribution in [2.24, 2.45) is 0 Å². The predicted octanol–water partition coefficient (Wildman–Crippen LogP) is -0.132. The van der Waals surface area contributed by atoms with Crippen molar-refractivity contribution in [3.8, 4) is 0 Å². The summed E-state index contributed by atoms with van der Waals surface area (Å²) < 4.78 is 0. The molecule has 2 rings (SSSR count). The van der Waals surface area contributed by atoms with Gasteiger partial charge in [0.2, 0.25) is 5.78 Å². The Labute approximate surface area is 86.8 Å². The highest BCUT2D eigenvalue weighted by Crippen LogP contribution is 2.23. The molecule has 5 nitrogen and oxygen atoms in total. The summed E-state index contributed by atoms with van der Waals surface area (Å²) in [5.41, 5.74) is 1.64. The Morgan fingerprint density at radius 1 is 1.53 bits per heavy atom. The second kappa shape index (κ2) is 3.70. The molecule has 1 unspecified atom stereocenters. The molecule has 15 heavy (non-hydrogen) atoms. The van der Waals surface area contributed by atoms with Crippen LogP contribution in [-0.2, 0) is 4.79 Å². The van der Waals surface area contributed by atoms with Gasteiger partial charge in [0.1, 0.15) is 5.70 Å². The first-order valence-electron chi connectivity index (χ1n) is 4.55. The lowest BCUT2D eigenvalue weighted by molar-refractivity contribution is -0.124. The lowest BCUT2D eigenvalue weighted by Gasteiger charge is -2.28. The van der Waals surface area contributed by atoms with E-state index in [-0.39, 0.29) is 5.78 Å². The summed E-state index contributed by atoms with van der Waals surface area (Å²) in [5, 5.41) is 15.0. The lowest BCUT2D eigenvalue weighted by Crippen LogP contribution is -2.44. The first kappa shape index (κ1) is 9.67. The Morgan fingerprint density at radius 2 is 2.33 bits per heavy atom. The van der Waals surface area contributed by atoms with Gasteiger partial charge in [0.25, 0.3) is 0 Å². The van der Waals surface area contributed by atoms with E-state index in [0.29, 0.717) is 11.4 Å². The normalized spacial score (nSPS) is 19.9. The van der Waals surface area contributed by atoms with Gasteiger partial charge in [0.05, 0.1) is 17.6 Å². The van der Waals surface area contributed by atoms with Crippen molar-refractivity contribution in [2.75, 3.05) is 12.4 Å². The van der Waals surface area contributed by atoms with Crippen LogP contribution in [0.3, 0.4) is 0 Å². The third-order valence-corrected chi connectivity index (χ3v) is 2.24. The van der Waals surface area contributed by atoms with Crippen LogP contribution >= 0.6 is 0 Å². The van der Waals surface area contributed by atoms with Crippen LogP contribution in [0.5, 0.6) is 0 Å². The Balaban J connectivity index is 2.20. The maximum Gasteiger partial charge on any atom is 0.215 e. The number of carbonyl (C=O) groups excluding carboxylic acids is 1. The second-order valence-corrected chi connectivity index (χ2v) is 3.17. The van der Waals surface area contributed by atoms with E-state index in [9.17, 15) is 9.90 Å². The first-order chi connectivity index (χ1) is 7.24. The number of nitrogens with one attached hydrogen (secondary N) is 2. The number of rotatable bonds is 3. The van der Waals surface area contributed by atoms with E-state index in [1.807, 2.05) is 0 Å². The summed E-state index contributed by atoms with van der Waals surface area (Å²) in [6, 6.07) is 3.56. The number of nitrogens with zero attached hydrogens (tertiary/aromatic N) is 1. The van der Waals surface area contributed by atoms with Crippen LogP contribution in [0.4, 0.5) is 5.69 Å². The average Bonchev–Trinajstić information content (AvgIpc) is 2.29. The van der Waals surface area contributed by atoms with Gasteiger partial charge in [-0.15, -0.1) is 0 Å². The van der Waals surface area contributed by atoms with Gasteiger partial charge in [-0.25, -0.2) is 0 Å². The molecule has 0 saturated carbocycles. The number of aliphatic hydroxyl groups is 1. The second-order valence-electron chi connectivity index (χ2n) is 3.17. The molecule has 1 atom stereocenters. The summed E-state index contributed by atoms with van der Waals surface area (Å²) in [7, 11) is 1.66. The van der Waals surface area contributed by atoms with E-state index in [2.05, 4.69) is 15.6 Å². The van der Waals surface area contributed by atoms with Crippen molar-refractivity contribution in [1.82, 2.24) is 10.3 Å². The largest absolute Gasteiger partial charge is 0.387 e. The van der Waals surface area contributed by atoms with Crippen molar-refractivity contribution >= 4 is 11.5 Å². The zero-order valence-corrected chi connectivity index (χ0v) is 8.19. The van der Waals surface area contributed by atoms with Crippen LogP contribution < -0.4 is 10.6 Å². The topological polar surface area (TPSA) is 74.2 Å². The van der Waals surface area contributed by atoms with Gasteiger partial charge < -0.3 is 15.7 Å². The van der Waals surface area contributed by atoms with E-state index in [0.717, 1.165) is 5.69 Å². The number of aliphatic hydroxyl groups excluding tert-OH is 1. The number of hydrogen-bond acceptors (Lipinski definition) is 5. The van der Waals surface area contributed by atoms with Crippen molar-refractivity contribution in [1.29, 1.82) is 0 Å². The highest BCUT2D eigenvalue weighted by atomic mass is 16.3. The summed E-state index contributed by atoms with van der Waals surface area (Å²) >= 11 is 0. The first-order valence-corrected chi connectivity index (χ1v) is 4.55. The standard InChI is InChI=1S/C10H11N3O2/c1-11-7-8(10(15)9(7)14)13-6-3-2-4-12-5-6/h2-5,9,11,13-14H,1H3. The molecule has 3 N–H and O–H groups in total. The minimum absolute atomic E-state index is 0.303. The van der Waals surface area contributed by atoms with Crippen molar-refractivity contribution in [3.63, 3.8) is 0 Å². The highest BCUT2D eigenvalue weighted by molar-refractivity contribution is 6.10. The van der Waals surface area contributed by atoms with Crippen molar-refractivity contribution in [3.05, 3.63) is 35.9 Å². The Kier molecular flexibility index (Phi) is 2.39. The van der Waals surface area contributed by atoms with Crippen LogP contribution in [0.1, 0.15) is 0 Å². The van der Waals surface area contributed by atoms with Crippen LogP contribution in [-0.4, -0.2) is 29.0 Å².